The van der Waals surface area contributed by atoms with E-state index in [2.05, 4.69) is 0 Å². The zero-order chi connectivity index (χ0) is 18.5. The third-order valence-electron chi connectivity index (χ3n) is 4.28. The summed E-state index contributed by atoms with van der Waals surface area (Å²) in [4.78, 5) is 38.8. The van der Waals surface area contributed by atoms with Crippen LogP contribution in [0.2, 0.25) is 0 Å². The summed E-state index contributed by atoms with van der Waals surface area (Å²) >= 11 is 0. The topological polar surface area (TPSA) is 82.1 Å². The zero-order valence-electron chi connectivity index (χ0n) is 15.1. The van der Waals surface area contributed by atoms with Gasteiger partial charge in [0.25, 0.3) is 0 Å². The smallest absolute Gasteiger partial charge is 0.412 e. The van der Waals surface area contributed by atoms with Crippen LogP contribution in [-0.2, 0) is 23.8 Å². The molecule has 0 saturated heterocycles. The van der Waals surface area contributed by atoms with Crippen molar-refractivity contribution in [3.63, 3.8) is 0 Å². The number of carbonyl (C=O) groups is 3. The third-order valence-corrected chi connectivity index (χ3v) is 4.28. The molecular weight excluding hydrogens is 314 g/mol. The molecule has 0 saturated carbocycles. The molecule has 0 aromatic rings. The zero-order valence-corrected chi connectivity index (χ0v) is 15.1. The summed E-state index contributed by atoms with van der Waals surface area (Å²) in [5.41, 5.74) is -2.83. The minimum Gasteiger partial charge on any atom is -0.466 e. The quantitative estimate of drug-likeness (QED) is 0.435. The molecule has 2 heterocycles. The molecule has 0 spiro atoms. The SMILES string of the molecule is COC(=O)C1=C(C(=O)OC)C2(C)C=CC1(C)N2C(=O)OC(C)(C)C. The molecule has 0 aliphatic carbocycles. The first-order valence-electron chi connectivity index (χ1n) is 7.58. The summed E-state index contributed by atoms with van der Waals surface area (Å²) in [6.45, 7) is 8.58. The Kier molecular flexibility index (Phi) is 4.03. The van der Waals surface area contributed by atoms with Crippen LogP contribution in [0.15, 0.2) is 23.3 Å². The highest BCUT2D eigenvalue weighted by Crippen LogP contribution is 2.53. The molecule has 132 valence electrons. The number of ether oxygens (including phenoxy) is 3. The fraction of sp³-hybridized carbons (Fsp3) is 0.588. The predicted octanol–water partition coefficient (Wildman–Crippen LogP) is 1.97. The van der Waals surface area contributed by atoms with Crippen LogP contribution in [0.25, 0.3) is 0 Å². The lowest BCUT2D eigenvalue weighted by molar-refractivity contribution is -0.139. The first-order valence-corrected chi connectivity index (χ1v) is 7.58. The van der Waals surface area contributed by atoms with E-state index in [-0.39, 0.29) is 11.1 Å². The van der Waals surface area contributed by atoms with Crippen molar-refractivity contribution in [1.29, 1.82) is 0 Å². The maximum Gasteiger partial charge on any atom is 0.412 e. The molecule has 2 atom stereocenters. The lowest BCUT2D eigenvalue weighted by Gasteiger charge is -2.38. The highest BCUT2D eigenvalue weighted by molar-refractivity contribution is 6.08. The van der Waals surface area contributed by atoms with Gasteiger partial charge in [0.1, 0.15) is 5.60 Å². The molecule has 2 unspecified atom stereocenters. The molecule has 1 amide bonds. The van der Waals surface area contributed by atoms with Gasteiger partial charge in [-0.25, -0.2) is 14.4 Å². The van der Waals surface area contributed by atoms with E-state index in [1.165, 1.54) is 19.1 Å². The lowest BCUT2D eigenvalue weighted by Crippen LogP contribution is -2.53. The fourth-order valence-electron chi connectivity index (χ4n) is 3.36. The molecule has 2 aliphatic rings. The van der Waals surface area contributed by atoms with Gasteiger partial charge in [0.05, 0.1) is 36.4 Å². The summed E-state index contributed by atoms with van der Waals surface area (Å²) < 4.78 is 15.1. The predicted molar refractivity (Wildman–Crippen MR) is 85.1 cm³/mol. The van der Waals surface area contributed by atoms with Gasteiger partial charge in [-0.3, -0.25) is 4.90 Å². The van der Waals surface area contributed by atoms with Crippen molar-refractivity contribution in [2.45, 2.75) is 51.3 Å². The second kappa shape index (κ2) is 5.36. The fourth-order valence-corrected chi connectivity index (χ4v) is 3.36. The van der Waals surface area contributed by atoms with Gasteiger partial charge in [0.15, 0.2) is 0 Å². The number of nitrogens with zero attached hydrogens (tertiary/aromatic N) is 1. The first kappa shape index (κ1) is 18.0. The second-order valence-electron chi connectivity index (χ2n) is 7.18. The molecule has 0 fully saturated rings. The normalized spacial score (nSPS) is 28.2. The second-order valence-corrected chi connectivity index (χ2v) is 7.18. The van der Waals surface area contributed by atoms with Gasteiger partial charge >= 0.3 is 18.0 Å². The standard InChI is InChI=1S/C17H23NO6/c1-15(2,3)24-14(21)18-16(4)8-9-17(18,5)11(13(20)23-7)10(16)12(19)22-6/h8-9H,1-7H3. The summed E-state index contributed by atoms with van der Waals surface area (Å²) in [6.07, 6.45) is 2.78. The number of esters is 2. The molecule has 2 rings (SSSR count). The number of methoxy groups -OCH3 is 2. The maximum atomic E-state index is 12.8. The largest absolute Gasteiger partial charge is 0.466 e. The number of fused-ring (bicyclic) bond motifs is 2. The van der Waals surface area contributed by atoms with Crippen molar-refractivity contribution in [2.75, 3.05) is 14.2 Å². The molecular formula is C17H23NO6. The highest BCUT2D eigenvalue weighted by Gasteiger charge is 2.64. The van der Waals surface area contributed by atoms with Gasteiger partial charge in [-0.2, -0.15) is 0 Å². The van der Waals surface area contributed by atoms with Crippen LogP contribution in [0.5, 0.6) is 0 Å². The van der Waals surface area contributed by atoms with Gasteiger partial charge in [-0.05, 0) is 34.6 Å². The van der Waals surface area contributed by atoms with E-state index in [0.29, 0.717) is 0 Å². The van der Waals surface area contributed by atoms with Crippen LogP contribution in [-0.4, -0.2) is 53.8 Å². The van der Waals surface area contributed by atoms with Crippen molar-refractivity contribution in [1.82, 2.24) is 4.90 Å². The van der Waals surface area contributed by atoms with Crippen molar-refractivity contribution in [2.24, 2.45) is 0 Å². The van der Waals surface area contributed by atoms with E-state index >= 15 is 0 Å². The Labute approximate surface area is 141 Å². The van der Waals surface area contributed by atoms with Crippen LogP contribution < -0.4 is 0 Å². The van der Waals surface area contributed by atoms with Gasteiger partial charge in [-0.1, -0.05) is 12.2 Å². The molecule has 2 bridgehead atoms. The van der Waals surface area contributed by atoms with Crippen LogP contribution in [0, 0.1) is 0 Å². The maximum absolute atomic E-state index is 12.8. The van der Waals surface area contributed by atoms with Crippen molar-refractivity contribution in [3.05, 3.63) is 23.3 Å². The van der Waals surface area contributed by atoms with Crippen LogP contribution in [0.1, 0.15) is 34.6 Å². The minimum atomic E-state index is -1.15. The average molecular weight is 337 g/mol. The van der Waals surface area contributed by atoms with E-state index in [1.54, 1.807) is 46.8 Å². The number of rotatable bonds is 2. The number of carbonyl (C=O) groups excluding carboxylic acids is 3. The van der Waals surface area contributed by atoms with Crippen LogP contribution in [0.4, 0.5) is 4.79 Å². The molecule has 0 N–H and O–H groups in total. The molecule has 0 radical (unpaired) electrons. The third kappa shape index (κ3) is 2.39. The Hall–Kier alpha value is -2.31. The Bertz CT molecular complexity index is 629. The Morgan fingerprint density at radius 2 is 1.29 bits per heavy atom. The lowest BCUT2D eigenvalue weighted by atomic mass is 9.83. The highest BCUT2D eigenvalue weighted by atomic mass is 16.6. The van der Waals surface area contributed by atoms with Gasteiger partial charge < -0.3 is 14.2 Å². The summed E-state index contributed by atoms with van der Waals surface area (Å²) in [5, 5.41) is 0. The first-order chi connectivity index (χ1) is 10.9. The Morgan fingerprint density at radius 1 is 0.917 bits per heavy atom. The molecule has 0 aromatic carbocycles. The van der Waals surface area contributed by atoms with Crippen molar-refractivity contribution < 1.29 is 28.6 Å². The van der Waals surface area contributed by atoms with E-state index < -0.39 is 34.7 Å². The minimum absolute atomic E-state index is 0.0905. The summed E-state index contributed by atoms with van der Waals surface area (Å²) in [6, 6.07) is 0. The molecule has 0 aromatic heterocycles. The molecule has 2 aliphatic heterocycles. The Balaban J connectivity index is 2.61. The van der Waals surface area contributed by atoms with Crippen molar-refractivity contribution >= 4 is 18.0 Å². The van der Waals surface area contributed by atoms with Gasteiger partial charge in [-0.15, -0.1) is 0 Å². The molecule has 7 heteroatoms. The van der Waals surface area contributed by atoms with E-state index in [9.17, 15) is 14.4 Å². The molecule has 24 heavy (non-hydrogen) atoms. The molecule has 7 nitrogen and oxygen atoms in total. The van der Waals surface area contributed by atoms with E-state index in [0.717, 1.165) is 0 Å². The van der Waals surface area contributed by atoms with Crippen LogP contribution >= 0.6 is 0 Å². The monoisotopic (exact) mass is 337 g/mol. The van der Waals surface area contributed by atoms with Crippen LogP contribution in [0.3, 0.4) is 0 Å². The van der Waals surface area contributed by atoms with Gasteiger partial charge in [0.2, 0.25) is 0 Å². The average Bonchev–Trinajstić information content (AvgIpc) is 2.84. The number of hydrogen-bond acceptors (Lipinski definition) is 6. The van der Waals surface area contributed by atoms with Gasteiger partial charge in [0, 0.05) is 0 Å². The Morgan fingerprint density at radius 3 is 1.58 bits per heavy atom. The summed E-state index contributed by atoms with van der Waals surface area (Å²) in [5.74, 6) is -1.36. The van der Waals surface area contributed by atoms with E-state index in [1.807, 2.05) is 0 Å². The number of hydrogen-bond donors (Lipinski definition) is 0. The summed E-state index contributed by atoms with van der Waals surface area (Å²) in [7, 11) is 2.45. The van der Waals surface area contributed by atoms with Crippen molar-refractivity contribution in [3.8, 4) is 0 Å². The van der Waals surface area contributed by atoms with E-state index in [4.69, 9.17) is 14.2 Å². The number of amides is 1.